The molecule has 0 aromatic heterocycles. The van der Waals surface area contributed by atoms with Crippen LogP contribution >= 0.6 is 15.9 Å². The summed E-state index contributed by atoms with van der Waals surface area (Å²) in [7, 11) is 0. The number of hydrogen-bond donors (Lipinski definition) is 9. The number of carbonyl (C=O) groups excluding carboxylic acids is 4. The molecule has 5 aliphatic carbocycles. The number of ketones is 4. The molecule has 0 amide bonds. The number of rotatable bonds is 30. The van der Waals surface area contributed by atoms with Gasteiger partial charge >= 0.3 is 5.97 Å². The second kappa shape index (κ2) is 50.7. The van der Waals surface area contributed by atoms with Gasteiger partial charge in [-0.05, 0) is 333 Å². The van der Waals surface area contributed by atoms with E-state index in [0.717, 1.165) is 229 Å². The summed E-state index contributed by atoms with van der Waals surface area (Å²) >= 11 is 3.55. The minimum absolute atomic E-state index is 0.00696. The number of aromatic carboxylic acids is 1. The van der Waals surface area contributed by atoms with Crippen LogP contribution in [0.5, 0.6) is 57.5 Å². The van der Waals surface area contributed by atoms with Gasteiger partial charge in [0.1, 0.15) is 85.6 Å². The van der Waals surface area contributed by atoms with Gasteiger partial charge in [-0.1, -0.05) is 251 Å². The summed E-state index contributed by atoms with van der Waals surface area (Å²) in [6.45, 7) is 59.6. The molecule has 7 aromatic carbocycles. The summed E-state index contributed by atoms with van der Waals surface area (Å²) in [5, 5.41) is 95.4. The lowest BCUT2D eigenvalue weighted by molar-refractivity contribution is -0.124. The summed E-state index contributed by atoms with van der Waals surface area (Å²) in [6, 6.07) is 25.6. The van der Waals surface area contributed by atoms with E-state index in [1.807, 2.05) is 97.9 Å². The van der Waals surface area contributed by atoms with E-state index >= 15 is 0 Å². The molecule has 0 radical (unpaired) electrons. The highest BCUT2D eigenvalue weighted by atomic mass is 79.9. The van der Waals surface area contributed by atoms with E-state index in [2.05, 4.69) is 175 Å². The molecule has 15 rings (SSSR count). The van der Waals surface area contributed by atoms with Crippen LogP contribution in [0.3, 0.4) is 0 Å². The molecule has 8 atom stereocenters. The van der Waals surface area contributed by atoms with Crippen LogP contribution in [0.1, 0.15) is 418 Å². The Morgan fingerprint density at radius 2 is 0.925 bits per heavy atom. The molecule has 7 aromatic rings. The molecule has 1 fully saturated rings. The third-order valence-electron chi connectivity index (χ3n) is 31.2. The van der Waals surface area contributed by atoms with Crippen LogP contribution in [0, 0.1) is 43.4 Å². The van der Waals surface area contributed by atoms with Gasteiger partial charge in [-0.3, -0.25) is 19.2 Å². The number of phenolic OH excluding ortho intramolecular Hbond substituents is 6. The van der Waals surface area contributed by atoms with Gasteiger partial charge in [0.05, 0.1) is 26.7 Å². The fourth-order valence-electron chi connectivity index (χ4n) is 23.2. The Hall–Kier alpha value is -11.1. The number of halogens is 1. The number of carboxylic acid groups (broad SMARTS) is 1. The maximum absolute atomic E-state index is 12.7. The number of aliphatic hydroxyl groups excluding tert-OH is 1. The van der Waals surface area contributed by atoms with Crippen molar-refractivity contribution in [3.05, 3.63) is 256 Å². The maximum Gasteiger partial charge on any atom is 0.339 e. The van der Waals surface area contributed by atoms with E-state index in [1.54, 1.807) is 12.1 Å². The minimum Gasteiger partial charge on any atom is -0.508 e. The third kappa shape index (κ3) is 27.5. The molecular formula is C128H169BrO17. The zero-order valence-electron chi connectivity index (χ0n) is 91.9. The number of aliphatic hydroxyl groups is 1. The van der Waals surface area contributed by atoms with Gasteiger partial charge in [0, 0.05) is 75.8 Å². The zero-order valence-corrected chi connectivity index (χ0v) is 93.5. The molecule has 9 N–H and O–H groups in total. The first-order chi connectivity index (χ1) is 68.8. The van der Waals surface area contributed by atoms with Gasteiger partial charge < -0.3 is 60.2 Å². The molecule has 17 nitrogen and oxygen atoms in total. The van der Waals surface area contributed by atoms with Crippen molar-refractivity contribution < 1.29 is 84.1 Å². The molecule has 3 heterocycles. The molecule has 1 saturated carbocycles. The average molecular weight is 2060 g/mol. The van der Waals surface area contributed by atoms with Crippen molar-refractivity contribution in [3.8, 4) is 79.7 Å². The highest BCUT2D eigenvalue weighted by Crippen LogP contribution is 2.59. The van der Waals surface area contributed by atoms with Crippen molar-refractivity contribution in [3.63, 3.8) is 0 Å². The number of aromatic hydroxyl groups is 7. The Morgan fingerprint density at radius 1 is 0.459 bits per heavy atom. The number of fused-ring (bicyclic) bond motifs is 9. The average Bonchev–Trinajstić information content (AvgIpc) is 0.732. The smallest absolute Gasteiger partial charge is 0.339 e. The van der Waals surface area contributed by atoms with Gasteiger partial charge in [-0.15, -0.1) is 0 Å². The van der Waals surface area contributed by atoms with Gasteiger partial charge in [-0.25, -0.2) is 4.79 Å². The number of Topliss-reactive ketones (excluding diaryl/α,β-unsaturated/α-hetero) is 3. The summed E-state index contributed by atoms with van der Waals surface area (Å²) in [5.41, 5.74) is 20.7. The van der Waals surface area contributed by atoms with Crippen LogP contribution in [-0.4, -0.2) is 80.7 Å². The largest absolute Gasteiger partial charge is 0.508 e. The highest BCUT2D eigenvalue weighted by molar-refractivity contribution is 9.10. The van der Waals surface area contributed by atoms with Gasteiger partial charge in [0.2, 0.25) is 5.78 Å². The fraction of sp³-hybridized carbons (Fsp3) is 0.508. The number of carbonyl (C=O) groups is 5. The molecule has 0 unspecified atom stereocenters. The first-order valence-corrected chi connectivity index (χ1v) is 54.8. The number of ether oxygens (including phenoxy) is 3. The normalized spacial score (nSPS) is 20.0. The second-order valence-corrected chi connectivity index (χ2v) is 45.8. The van der Waals surface area contributed by atoms with Crippen LogP contribution in [0.15, 0.2) is 178 Å². The lowest BCUT2D eigenvalue weighted by atomic mass is 9.66. The summed E-state index contributed by atoms with van der Waals surface area (Å²) in [5.74, 6) is 1.50. The number of aryl methyl sites for hydroxylation is 6. The van der Waals surface area contributed by atoms with Crippen molar-refractivity contribution in [1.29, 1.82) is 0 Å². The monoisotopic (exact) mass is 2060 g/mol. The maximum atomic E-state index is 12.7. The lowest BCUT2D eigenvalue weighted by Crippen LogP contribution is -2.47. The van der Waals surface area contributed by atoms with Crippen molar-refractivity contribution in [1.82, 2.24) is 0 Å². The van der Waals surface area contributed by atoms with E-state index in [1.165, 1.54) is 61.0 Å². The van der Waals surface area contributed by atoms with Crippen LogP contribution in [0.2, 0.25) is 0 Å². The Bertz CT molecular complexity index is 6160. The van der Waals surface area contributed by atoms with Crippen LogP contribution in [-0.2, 0) is 56.7 Å². The number of unbranched alkanes of at least 4 members (excludes halogenated alkanes) is 9. The minimum atomic E-state index is -1.11. The molecule has 8 aliphatic rings. The Labute approximate surface area is 880 Å². The van der Waals surface area contributed by atoms with Gasteiger partial charge in [-0.2, -0.15) is 0 Å². The van der Waals surface area contributed by atoms with Crippen molar-refractivity contribution in [2.45, 2.75) is 392 Å². The van der Waals surface area contributed by atoms with Crippen LogP contribution < -0.4 is 14.2 Å². The molecular weight excluding hydrogens is 1890 g/mol. The SMILES string of the molecule is C=C(C)[C@@H]1CCC(C)=C[C@H]1C1=C(O)C(=O)C(CCCCC)=CC1=O.C=C(C)[C@@H]1CCC(C)=C[C@H]1c1c(O)cc(CCCCC)c(Br)c1O.C=C(C)[C@@H]1CCC(C)=C[C@H]1c1c(O)cc(CCCCC)c(C(C)=O)c1O.CCCCCCC(C)(C)c1cc(O)c2c(c1)OC(C)(C)[C@@H]1CCC(=O)C[C@@H]21.CCCc1cc(O)c2c(c1)OC(C)(C)c1ccc(C)cc1-2.CCCc1cc2c(c(O)c1C(=O)O)-c1cc(C)ccc1C(C)(C)O2. The number of benzene rings is 7. The molecule has 18 heteroatoms. The number of carboxylic acids is 1. The summed E-state index contributed by atoms with van der Waals surface area (Å²) in [4.78, 5) is 61.3. The molecule has 0 bridgehead atoms. The second-order valence-electron chi connectivity index (χ2n) is 45.0. The predicted molar refractivity (Wildman–Crippen MR) is 597 cm³/mol. The first-order valence-electron chi connectivity index (χ1n) is 54.0. The van der Waals surface area contributed by atoms with Crippen molar-refractivity contribution in [2.75, 3.05) is 0 Å². The zero-order chi connectivity index (χ0) is 108. The van der Waals surface area contributed by atoms with Crippen molar-refractivity contribution >= 4 is 45.0 Å². The third-order valence-corrected chi connectivity index (χ3v) is 32.1. The van der Waals surface area contributed by atoms with Gasteiger partial charge in [0.15, 0.2) is 17.3 Å². The number of hydrogen-bond acceptors (Lipinski definition) is 16. The van der Waals surface area contributed by atoms with Gasteiger partial charge in [0.25, 0.3) is 0 Å². The Morgan fingerprint density at radius 3 is 1.43 bits per heavy atom. The lowest BCUT2D eigenvalue weighted by Gasteiger charge is -2.47. The molecule has 3 aliphatic heterocycles. The Kier molecular flexibility index (Phi) is 40.6. The van der Waals surface area contributed by atoms with E-state index in [-0.39, 0.29) is 127 Å². The van der Waals surface area contributed by atoms with E-state index in [0.29, 0.717) is 88.5 Å². The topological polar surface area (TPSA) is 295 Å². The standard InChI is InChI=1S/C24H36O3.C23H32O3.C21H29BrO2.C21H28O3.C20H22O4.C19H22O2/c1-6-7-8-9-12-23(2,3)16-13-20(26)22-18-15-17(25)10-11-19(18)24(4,5)27-21(22)14-16;1-6-7-8-9-17-13-20(25)22(23(26)21(17)16(5)24)19-12-15(4)10-11-18(19)14(2)3;1-5-6-7-8-15-12-18(23)19(21(24)20(15)22)17-11-14(4)9-10-16(17)13(2)3;1-5-6-7-8-15-12-18(22)19(21(24)20(15)23)17-11-14(4)9-10-16(17)13(2)3;1-5-6-12-10-15-17(18(21)16(12)19(22)23)13-9-11(2)7-8-14(13)20(3,4)24-15;1-5-6-13-10-16(20)18-14-9-12(2)7-8-15(14)19(3,4)21-17(18)11-13/h13-14,18-19,26H,6-12,15H2,1-5H3;12-13,18-19,25-26H,2,6-11H2,1,3-5H3;11-12,16-17,23-24H,2,5-10H2,1,3-4H3;11-12,16-17,24H,2,5-10H2,1,3-4H3;7-10,21H,5-6H2,1-4H3,(H,22,23);7-11,20H,5-6H2,1-4H3/t18-,19-;18-,19+;2*16-,17+;;/m1000../s1. The fourth-order valence-corrected chi connectivity index (χ4v) is 23.7. The van der Waals surface area contributed by atoms with Crippen LogP contribution in [0.25, 0.3) is 22.3 Å². The van der Waals surface area contributed by atoms with Crippen LogP contribution in [0.4, 0.5) is 0 Å². The molecule has 790 valence electrons. The number of phenols is 7. The summed E-state index contributed by atoms with van der Waals surface area (Å²) in [6.07, 6.45) is 36.5. The molecule has 0 saturated heterocycles. The van der Waals surface area contributed by atoms with E-state index in [9.17, 15) is 69.9 Å². The predicted octanol–water partition coefficient (Wildman–Crippen LogP) is 33.5. The highest BCUT2D eigenvalue weighted by Gasteiger charge is 2.49. The molecule has 0 spiro atoms. The van der Waals surface area contributed by atoms with Crippen molar-refractivity contribution in [2.24, 2.45) is 29.6 Å². The quantitative estimate of drug-likeness (QED) is 0.00875. The molecule has 146 heavy (non-hydrogen) atoms. The first kappa shape index (κ1) is 117. The van der Waals surface area contributed by atoms with E-state index < -0.39 is 11.6 Å². The van der Waals surface area contributed by atoms with E-state index in [4.69, 9.17) is 14.2 Å². The number of allylic oxidation sites excluding steroid dienone is 12. The summed E-state index contributed by atoms with van der Waals surface area (Å²) < 4.78 is 19.5. The Balaban J connectivity index is 0.000000180.